The first-order valence-electron chi connectivity index (χ1n) is 6.00. The van der Waals surface area contributed by atoms with Gasteiger partial charge in [-0.1, -0.05) is 18.2 Å². The van der Waals surface area contributed by atoms with E-state index in [0.29, 0.717) is 0 Å². The molecular formula is C13H18N4O3. The molecule has 1 aromatic carbocycles. The van der Waals surface area contributed by atoms with E-state index in [9.17, 15) is 9.59 Å². The minimum absolute atomic E-state index is 0.0213. The van der Waals surface area contributed by atoms with Crippen LogP contribution in [0, 0.1) is 0 Å². The van der Waals surface area contributed by atoms with Crippen LogP contribution in [0.25, 0.3) is 10.9 Å². The Kier molecular flexibility index (Phi) is 5.55. The van der Waals surface area contributed by atoms with E-state index in [1.54, 1.807) is 0 Å². The molecule has 20 heavy (non-hydrogen) atoms. The summed E-state index contributed by atoms with van der Waals surface area (Å²) in [6.07, 6.45) is 0.123. The summed E-state index contributed by atoms with van der Waals surface area (Å²) in [5, 5.41) is 9.38. The first-order chi connectivity index (χ1) is 9.40. The molecule has 1 heterocycles. The Morgan fingerprint density at radius 1 is 1.30 bits per heavy atom. The second-order valence-electron chi connectivity index (χ2n) is 4.26. The highest BCUT2D eigenvalue weighted by Gasteiger charge is 2.11. The smallest absolute Gasteiger partial charge is 0.320 e. The van der Waals surface area contributed by atoms with Gasteiger partial charge >= 0.3 is 5.97 Å². The molecule has 0 saturated heterocycles. The number of para-hydroxylation sites is 1. The molecule has 7 nitrogen and oxygen atoms in total. The summed E-state index contributed by atoms with van der Waals surface area (Å²) in [6, 6.07) is 8.96. The maximum absolute atomic E-state index is 10.1. The van der Waals surface area contributed by atoms with Crippen molar-refractivity contribution in [1.29, 1.82) is 0 Å². The third-order valence-electron chi connectivity index (χ3n) is 2.57. The van der Waals surface area contributed by atoms with Gasteiger partial charge in [0.2, 0.25) is 5.91 Å². The number of primary amides is 1. The Morgan fingerprint density at radius 2 is 1.95 bits per heavy atom. The molecule has 8 N–H and O–H groups in total. The predicted octanol–water partition coefficient (Wildman–Crippen LogP) is 0.414. The number of H-pyrrole nitrogens is 1. The van der Waals surface area contributed by atoms with Crippen LogP contribution in [0.5, 0.6) is 0 Å². The zero-order valence-electron chi connectivity index (χ0n) is 10.9. The minimum Gasteiger partial charge on any atom is -0.480 e. The van der Waals surface area contributed by atoms with Gasteiger partial charge in [0.25, 0.3) is 0 Å². The van der Waals surface area contributed by atoms with E-state index in [2.05, 4.69) is 4.98 Å². The highest BCUT2D eigenvalue weighted by Crippen LogP contribution is 2.14. The SMILES string of the molecule is NC(=O)CC[C@H](N)C(=O)O.Nc1cc2ccccc2[nH]1. The average molecular weight is 278 g/mol. The fourth-order valence-corrected chi connectivity index (χ4v) is 1.52. The second-order valence-corrected chi connectivity index (χ2v) is 4.26. The van der Waals surface area contributed by atoms with Crippen LogP contribution in [0.4, 0.5) is 5.82 Å². The lowest BCUT2D eigenvalue weighted by Gasteiger charge is -2.01. The number of nitrogens with one attached hydrogen (secondary N) is 1. The second kappa shape index (κ2) is 7.15. The molecule has 2 rings (SSSR count). The van der Waals surface area contributed by atoms with E-state index in [1.807, 2.05) is 30.3 Å². The predicted molar refractivity (Wildman–Crippen MR) is 76.8 cm³/mol. The van der Waals surface area contributed by atoms with Crippen LogP contribution in [0.2, 0.25) is 0 Å². The van der Waals surface area contributed by atoms with Gasteiger partial charge in [-0.25, -0.2) is 0 Å². The zero-order valence-corrected chi connectivity index (χ0v) is 10.9. The average Bonchev–Trinajstić information content (AvgIpc) is 2.76. The number of carboxylic acid groups (broad SMARTS) is 1. The molecule has 0 aliphatic heterocycles. The molecular weight excluding hydrogens is 260 g/mol. The molecule has 0 radical (unpaired) electrons. The lowest BCUT2D eigenvalue weighted by atomic mass is 10.2. The van der Waals surface area contributed by atoms with Crippen LogP contribution in [0.1, 0.15) is 12.8 Å². The number of nitrogens with two attached hydrogens (primary N) is 3. The van der Waals surface area contributed by atoms with Gasteiger partial charge in [0.05, 0.1) is 0 Å². The molecule has 0 aliphatic rings. The first kappa shape index (κ1) is 15.5. The van der Waals surface area contributed by atoms with E-state index in [-0.39, 0.29) is 12.8 Å². The Hall–Kier alpha value is -2.54. The number of aromatic amines is 1. The largest absolute Gasteiger partial charge is 0.480 e. The molecule has 0 unspecified atom stereocenters. The van der Waals surface area contributed by atoms with Crippen molar-refractivity contribution in [2.24, 2.45) is 11.5 Å². The number of anilines is 1. The summed E-state index contributed by atoms with van der Waals surface area (Å²) in [5.74, 6) is -0.917. The normalized spacial score (nSPS) is 11.4. The molecule has 1 amide bonds. The van der Waals surface area contributed by atoms with Gasteiger partial charge in [0.15, 0.2) is 0 Å². The topological polar surface area (TPSA) is 148 Å². The van der Waals surface area contributed by atoms with Crippen molar-refractivity contribution in [3.63, 3.8) is 0 Å². The van der Waals surface area contributed by atoms with Crippen molar-refractivity contribution in [1.82, 2.24) is 4.98 Å². The number of amides is 1. The van der Waals surface area contributed by atoms with E-state index < -0.39 is 17.9 Å². The summed E-state index contributed by atoms with van der Waals surface area (Å²) >= 11 is 0. The van der Waals surface area contributed by atoms with Crippen molar-refractivity contribution < 1.29 is 14.7 Å². The van der Waals surface area contributed by atoms with Gasteiger partial charge in [0, 0.05) is 17.3 Å². The quantitative estimate of drug-likeness (QED) is 0.549. The van der Waals surface area contributed by atoms with Crippen molar-refractivity contribution in [2.75, 3.05) is 5.73 Å². The number of hydrogen-bond acceptors (Lipinski definition) is 4. The van der Waals surface area contributed by atoms with Gasteiger partial charge in [-0.15, -0.1) is 0 Å². The van der Waals surface area contributed by atoms with Crippen molar-refractivity contribution in [3.8, 4) is 0 Å². The minimum atomic E-state index is -1.11. The van der Waals surface area contributed by atoms with Gasteiger partial charge in [-0.3, -0.25) is 9.59 Å². The lowest BCUT2D eigenvalue weighted by Crippen LogP contribution is -2.31. The van der Waals surface area contributed by atoms with Crippen LogP contribution >= 0.6 is 0 Å². The number of carbonyl (C=O) groups is 2. The molecule has 1 aromatic heterocycles. The molecule has 0 saturated carbocycles. The fraction of sp³-hybridized carbons (Fsp3) is 0.231. The highest BCUT2D eigenvalue weighted by atomic mass is 16.4. The summed E-state index contributed by atoms with van der Waals surface area (Å²) in [7, 11) is 0. The number of benzene rings is 1. The molecule has 0 bridgehead atoms. The first-order valence-corrected chi connectivity index (χ1v) is 6.00. The third-order valence-corrected chi connectivity index (χ3v) is 2.57. The molecule has 7 heteroatoms. The molecule has 1 atom stereocenters. The number of hydrogen-bond donors (Lipinski definition) is 5. The monoisotopic (exact) mass is 278 g/mol. The summed E-state index contributed by atoms with van der Waals surface area (Å²) in [5.41, 5.74) is 16.4. The van der Waals surface area contributed by atoms with Gasteiger partial charge < -0.3 is 27.3 Å². The Morgan fingerprint density at radius 3 is 2.50 bits per heavy atom. The third kappa shape index (κ3) is 4.99. The Labute approximate surface area is 115 Å². The van der Waals surface area contributed by atoms with Crippen molar-refractivity contribution in [3.05, 3.63) is 30.3 Å². The number of carboxylic acids is 1. The number of nitrogen functional groups attached to an aromatic ring is 1. The van der Waals surface area contributed by atoms with Crippen LogP contribution < -0.4 is 17.2 Å². The lowest BCUT2D eigenvalue weighted by molar-refractivity contribution is -0.138. The summed E-state index contributed by atoms with van der Waals surface area (Å²) in [6.45, 7) is 0. The summed E-state index contributed by atoms with van der Waals surface area (Å²) < 4.78 is 0. The van der Waals surface area contributed by atoms with E-state index >= 15 is 0 Å². The molecule has 2 aromatic rings. The van der Waals surface area contributed by atoms with Crippen LogP contribution in [0.3, 0.4) is 0 Å². The van der Waals surface area contributed by atoms with Crippen LogP contribution in [0.15, 0.2) is 30.3 Å². The van der Waals surface area contributed by atoms with Gasteiger partial charge in [-0.05, 0) is 18.6 Å². The number of fused-ring (bicyclic) bond motifs is 1. The van der Waals surface area contributed by atoms with Gasteiger partial charge in [0.1, 0.15) is 11.9 Å². The van der Waals surface area contributed by atoms with E-state index in [0.717, 1.165) is 11.3 Å². The van der Waals surface area contributed by atoms with Crippen LogP contribution in [-0.4, -0.2) is 28.0 Å². The maximum Gasteiger partial charge on any atom is 0.320 e. The summed E-state index contributed by atoms with van der Waals surface area (Å²) in [4.78, 5) is 23.2. The number of rotatable bonds is 4. The van der Waals surface area contributed by atoms with Gasteiger partial charge in [-0.2, -0.15) is 0 Å². The Balaban J connectivity index is 0.000000200. The standard InChI is InChI=1S/C8H8N2.C5H10N2O3/c9-8-5-6-3-1-2-4-7(6)10-8;6-3(5(9)10)1-2-4(7)8/h1-5,10H,9H2;3H,1-2,6H2,(H2,7,8)(H,9,10)/t;3-/m.0/s1. The molecule has 0 fully saturated rings. The van der Waals surface area contributed by atoms with Crippen molar-refractivity contribution >= 4 is 28.6 Å². The fourth-order valence-electron chi connectivity index (χ4n) is 1.52. The number of aromatic nitrogens is 1. The molecule has 0 aliphatic carbocycles. The van der Waals surface area contributed by atoms with Crippen LogP contribution in [-0.2, 0) is 9.59 Å². The zero-order chi connectivity index (χ0) is 15.1. The van der Waals surface area contributed by atoms with Crippen molar-refractivity contribution in [2.45, 2.75) is 18.9 Å². The highest BCUT2D eigenvalue weighted by molar-refractivity contribution is 5.83. The molecule has 108 valence electrons. The maximum atomic E-state index is 10.1. The number of carbonyl (C=O) groups excluding carboxylic acids is 1. The molecule has 0 spiro atoms. The number of aliphatic carboxylic acids is 1. The Bertz CT molecular complexity index is 561. The van der Waals surface area contributed by atoms with E-state index in [1.165, 1.54) is 5.39 Å². The van der Waals surface area contributed by atoms with E-state index in [4.69, 9.17) is 22.3 Å².